The maximum Gasteiger partial charge on any atom is 0.157 e. The molecule has 0 radical (unpaired) electrons. The van der Waals surface area contributed by atoms with E-state index in [0.717, 1.165) is 90.6 Å². The Morgan fingerprint density at radius 2 is 2.03 bits per heavy atom. The first-order valence-electron chi connectivity index (χ1n) is 11.5. The lowest BCUT2D eigenvalue weighted by atomic mass is 9.97. The Morgan fingerprint density at radius 1 is 1.16 bits per heavy atom. The first-order chi connectivity index (χ1) is 15.5. The van der Waals surface area contributed by atoms with Crippen molar-refractivity contribution in [1.29, 1.82) is 0 Å². The topological polar surface area (TPSA) is 54.7 Å². The highest BCUT2D eigenvalue weighted by Gasteiger charge is 2.29. The molecule has 4 heterocycles. The second kappa shape index (κ2) is 8.66. The van der Waals surface area contributed by atoms with Gasteiger partial charge in [0, 0.05) is 46.7 Å². The number of piperidine rings is 1. The number of hydrogen-bond acceptors (Lipinski definition) is 5. The van der Waals surface area contributed by atoms with Gasteiger partial charge >= 0.3 is 0 Å². The molecule has 168 valence electrons. The van der Waals surface area contributed by atoms with Gasteiger partial charge in [0.25, 0.3) is 0 Å². The maximum absolute atomic E-state index is 6.38. The molecule has 1 atom stereocenters. The number of fused-ring (bicyclic) bond motifs is 4. The molecule has 1 aromatic carbocycles. The van der Waals surface area contributed by atoms with E-state index in [9.17, 15) is 0 Å². The van der Waals surface area contributed by atoms with E-state index in [4.69, 9.17) is 26.4 Å². The molecular weight excluding hydrogens is 422 g/mol. The van der Waals surface area contributed by atoms with Crippen molar-refractivity contribution in [1.82, 2.24) is 19.5 Å². The summed E-state index contributed by atoms with van der Waals surface area (Å²) in [5.41, 5.74) is 6.00. The van der Waals surface area contributed by atoms with Crippen molar-refractivity contribution in [2.45, 2.75) is 52.0 Å². The number of hydrogen-bond donors (Lipinski definition) is 1. The van der Waals surface area contributed by atoms with Gasteiger partial charge in [-0.3, -0.25) is 0 Å². The summed E-state index contributed by atoms with van der Waals surface area (Å²) >= 11 is 6.38. The minimum Gasteiger partial charge on any atom is -0.493 e. The van der Waals surface area contributed by atoms with E-state index in [1.807, 2.05) is 22.7 Å². The van der Waals surface area contributed by atoms with Gasteiger partial charge < -0.3 is 15.0 Å². The van der Waals surface area contributed by atoms with E-state index in [1.54, 1.807) is 0 Å². The summed E-state index contributed by atoms with van der Waals surface area (Å²) in [7, 11) is 0. The predicted molar refractivity (Wildman–Crippen MR) is 129 cm³/mol. The van der Waals surface area contributed by atoms with E-state index >= 15 is 0 Å². The molecule has 0 saturated carbocycles. The summed E-state index contributed by atoms with van der Waals surface area (Å²) in [4.78, 5) is 7.20. The normalized spacial score (nSPS) is 19.5. The molecular formula is C25H30ClN5O. The van der Waals surface area contributed by atoms with E-state index in [2.05, 4.69) is 36.7 Å². The van der Waals surface area contributed by atoms with Crippen molar-refractivity contribution in [3.05, 3.63) is 58.4 Å². The van der Waals surface area contributed by atoms with Crippen LogP contribution in [0, 0.1) is 13.8 Å². The number of rotatable bonds is 0. The Bertz CT molecular complexity index is 1170. The second-order valence-electron chi connectivity index (χ2n) is 8.78. The number of anilines is 1. The van der Waals surface area contributed by atoms with Crippen LogP contribution in [0.25, 0.3) is 11.3 Å². The van der Waals surface area contributed by atoms with E-state index in [1.165, 1.54) is 0 Å². The van der Waals surface area contributed by atoms with Gasteiger partial charge in [-0.05, 0) is 64.2 Å². The predicted octanol–water partition coefficient (Wildman–Crippen LogP) is 5.78. The van der Waals surface area contributed by atoms with Crippen LogP contribution in [0.5, 0.6) is 5.75 Å². The lowest BCUT2D eigenvalue weighted by molar-refractivity contribution is 0.225. The van der Waals surface area contributed by atoms with E-state index in [-0.39, 0.29) is 6.04 Å². The number of nitrogens with zero attached hydrogens (tertiary/aromatic N) is 4. The standard InChI is InChI=1S/C25H30ClN5O/c1-16-17(2)28-24-15-21-22-8-4-6-12-30(22)18(3)20-14-19(26)9-10-23(20)32-13-7-5-11-27-25(16)31(24)29-21/h9-10,14-15,22,27H,3-8,11-13H2,1-2H3. The average Bonchev–Trinajstić information content (AvgIpc) is 3.21. The largest absolute Gasteiger partial charge is 0.493 e. The first-order valence-corrected chi connectivity index (χ1v) is 11.9. The van der Waals surface area contributed by atoms with Crippen molar-refractivity contribution in [2.75, 3.05) is 25.0 Å². The number of aryl methyl sites for hydroxylation is 1. The summed E-state index contributed by atoms with van der Waals surface area (Å²) < 4.78 is 8.17. The molecule has 2 bridgehead atoms. The Hall–Kier alpha value is -2.73. The minimum absolute atomic E-state index is 0.142. The van der Waals surface area contributed by atoms with Crippen molar-refractivity contribution < 1.29 is 4.74 Å². The van der Waals surface area contributed by atoms with Gasteiger partial charge in [0.1, 0.15) is 11.6 Å². The lowest BCUT2D eigenvalue weighted by Crippen LogP contribution is -2.32. The lowest BCUT2D eigenvalue weighted by Gasteiger charge is -2.38. The fraction of sp³-hybridized carbons (Fsp3) is 0.440. The van der Waals surface area contributed by atoms with Crippen molar-refractivity contribution >= 4 is 28.8 Å². The molecule has 2 aliphatic rings. The zero-order valence-electron chi connectivity index (χ0n) is 18.8. The molecule has 6 nitrogen and oxygen atoms in total. The van der Waals surface area contributed by atoms with E-state index < -0.39 is 0 Å². The van der Waals surface area contributed by atoms with Crippen molar-refractivity contribution in [2.24, 2.45) is 0 Å². The molecule has 2 aliphatic heterocycles. The van der Waals surface area contributed by atoms with Gasteiger partial charge in [-0.15, -0.1) is 0 Å². The number of benzene rings is 1. The Morgan fingerprint density at radius 3 is 2.91 bits per heavy atom. The summed E-state index contributed by atoms with van der Waals surface area (Å²) in [5, 5.41) is 9.35. The van der Waals surface area contributed by atoms with Crippen molar-refractivity contribution in [3.8, 4) is 5.75 Å². The van der Waals surface area contributed by atoms with Gasteiger partial charge in [0.05, 0.1) is 18.3 Å². The zero-order valence-corrected chi connectivity index (χ0v) is 19.6. The molecule has 5 rings (SSSR count). The molecule has 3 aromatic rings. The molecule has 1 unspecified atom stereocenters. The molecule has 2 aromatic heterocycles. The summed E-state index contributed by atoms with van der Waals surface area (Å²) in [6, 6.07) is 8.10. The number of ether oxygens (including phenoxy) is 1. The average molecular weight is 452 g/mol. The summed E-state index contributed by atoms with van der Waals surface area (Å²) in [5.74, 6) is 1.88. The van der Waals surface area contributed by atoms with Gasteiger partial charge in [-0.2, -0.15) is 9.61 Å². The van der Waals surface area contributed by atoms with Crippen LogP contribution >= 0.6 is 11.6 Å². The highest BCUT2D eigenvalue weighted by Crippen LogP contribution is 2.39. The van der Waals surface area contributed by atoms with Crippen LogP contribution in [-0.4, -0.2) is 39.2 Å². The zero-order chi connectivity index (χ0) is 22.2. The summed E-state index contributed by atoms with van der Waals surface area (Å²) in [6.07, 6.45) is 5.26. The molecule has 7 heteroatoms. The molecule has 1 N–H and O–H groups in total. The molecule has 1 fully saturated rings. The maximum atomic E-state index is 6.38. The number of halogens is 1. The fourth-order valence-electron chi connectivity index (χ4n) is 4.78. The third kappa shape index (κ3) is 3.81. The van der Waals surface area contributed by atoms with E-state index in [0.29, 0.717) is 11.6 Å². The van der Waals surface area contributed by atoms with Crippen LogP contribution in [0.3, 0.4) is 0 Å². The third-order valence-electron chi connectivity index (χ3n) is 6.67. The fourth-order valence-corrected chi connectivity index (χ4v) is 4.95. The molecule has 32 heavy (non-hydrogen) atoms. The van der Waals surface area contributed by atoms with Crippen LogP contribution in [0.1, 0.15) is 60.7 Å². The number of nitrogens with one attached hydrogen (secondary N) is 1. The van der Waals surface area contributed by atoms with Crippen LogP contribution in [0.2, 0.25) is 5.02 Å². The Kier molecular flexibility index (Phi) is 5.72. The van der Waals surface area contributed by atoms with Crippen LogP contribution in [-0.2, 0) is 0 Å². The van der Waals surface area contributed by atoms with Crippen LogP contribution < -0.4 is 10.1 Å². The van der Waals surface area contributed by atoms with Crippen molar-refractivity contribution in [3.63, 3.8) is 0 Å². The van der Waals surface area contributed by atoms with Gasteiger partial charge in [0.2, 0.25) is 0 Å². The van der Waals surface area contributed by atoms with Crippen LogP contribution in [0.15, 0.2) is 30.8 Å². The first kappa shape index (κ1) is 21.1. The Balaban J connectivity index is 1.64. The number of aromatic nitrogens is 3. The van der Waals surface area contributed by atoms with Gasteiger partial charge in [0.15, 0.2) is 5.65 Å². The third-order valence-corrected chi connectivity index (χ3v) is 6.90. The van der Waals surface area contributed by atoms with Gasteiger partial charge in [-0.25, -0.2) is 4.98 Å². The smallest absolute Gasteiger partial charge is 0.157 e. The molecule has 0 aliphatic carbocycles. The second-order valence-corrected chi connectivity index (χ2v) is 9.22. The Labute approximate surface area is 194 Å². The van der Waals surface area contributed by atoms with Crippen LogP contribution in [0.4, 0.5) is 5.82 Å². The van der Waals surface area contributed by atoms with Gasteiger partial charge in [-0.1, -0.05) is 18.2 Å². The minimum atomic E-state index is 0.142. The monoisotopic (exact) mass is 451 g/mol. The molecule has 0 amide bonds. The molecule has 0 spiro atoms. The molecule has 1 saturated heterocycles. The highest BCUT2D eigenvalue weighted by atomic mass is 35.5. The quantitative estimate of drug-likeness (QED) is 0.469. The summed E-state index contributed by atoms with van der Waals surface area (Å²) in [6.45, 7) is 11.1. The highest BCUT2D eigenvalue weighted by molar-refractivity contribution is 6.30. The SMILES string of the molecule is C=C1c2cc(Cl)ccc2OCCCCNc2c(C)c(C)nc3cc(nn23)C2CCCCN12.